The van der Waals surface area contributed by atoms with Crippen molar-refractivity contribution in [1.82, 2.24) is 9.97 Å². The predicted octanol–water partition coefficient (Wildman–Crippen LogP) is 2.38. The Morgan fingerprint density at radius 3 is 2.63 bits per heavy atom. The molecule has 1 heterocycles. The molecule has 0 atom stereocenters. The number of hydrogen-bond acceptors (Lipinski definition) is 6. The molecule has 0 amide bonds. The molecule has 7 nitrogen and oxygen atoms in total. The number of aryl methyl sites for hydroxylation is 1. The number of nitrogen functional groups attached to an aromatic ring is 1. The van der Waals surface area contributed by atoms with E-state index in [0.717, 1.165) is 0 Å². The minimum Gasteiger partial charge on any atom is -0.431 e. The average Bonchev–Trinajstić information content (AvgIpc) is 2.35. The van der Waals surface area contributed by atoms with Gasteiger partial charge in [-0.1, -0.05) is 12.1 Å². The second-order valence-corrected chi connectivity index (χ2v) is 3.91. The van der Waals surface area contributed by atoms with Gasteiger partial charge in [0.25, 0.3) is 0 Å². The molecule has 2 aromatic rings. The zero-order chi connectivity index (χ0) is 14.0. The number of nitrogens with two attached hydrogens (primary N) is 1. The van der Waals surface area contributed by atoms with E-state index in [-0.39, 0.29) is 17.3 Å². The van der Waals surface area contributed by atoms with E-state index < -0.39 is 4.92 Å². The van der Waals surface area contributed by atoms with E-state index in [1.54, 1.807) is 26.0 Å². The number of rotatable bonds is 3. The number of ether oxygens (including phenoxy) is 1. The van der Waals surface area contributed by atoms with Crippen LogP contribution in [-0.2, 0) is 0 Å². The second kappa shape index (κ2) is 4.89. The second-order valence-electron chi connectivity index (χ2n) is 3.91. The van der Waals surface area contributed by atoms with Crippen molar-refractivity contribution in [3.8, 4) is 11.6 Å². The molecule has 0 aliphatic heterocycles. The van der Waals surface area contributed by atoms with E-state index >= 15 is 0 Å². The Bertz CT molecular complexity index is 643. The standard InChI is InChI=1S/C12H12N4O3/c1-7-11(13)14-8(2)15-12(7)19-10-6-4-3-5-9(10)16(17)18/h3-6H,1-2H3,(H2,13,14,15). The van der Waals surface area contributed by atoms with Crippen LogP contribution >= 0.6 is 0 Å². The summed E-state index contributed by atoms with van der Waals surface area (Å²) in [5.74, 6) is 1.07. The monoisotopic (exact) mass is 260 g/mol. The minimum absolute atomic E-state index is 0.119. The zero-order valence-electron chi connectivity index (χ0n) is 10.5. The third-order valence-electron chi connectivity index (χ3n) is 2.52. The summed E-state index contributed by atoms with van der Waals surface area (Å²) in [5, 5.41) is 10.9. The van der Waals surface area contributed by atoms with Gasteiger partial charge in [0.2, 0.25) is 11.6 Å². The molecule has 98 valence electrons. The van der Waals surface area contributed by atoms with Gasteiger partial charge in [-0.25, -0.2) is 4.98 Å². The molecule has 0 aliphatic carbocycles. The lowest BCUT2D eigenvalue weighted by Gasteiger charge is -2.09. The molecule has 1 aromatic carbocycles. The number of anilines is 1. The van der Waals surface area contributed by atoms with Gasteiger partial charge in [0, 0.05) is 6.07 Å². The molecular formula is C12H12N4O3. The molecule has 0 radical (unpaired) electrons. The first-order valence-electron chi connectivity index (χ1n) is 5.51. The molecule has 2 N–H and O–H groups in total. The zero-order valence-corrected chi connectivity index (χ0v) is 10.5. The van der Waals surface area contributed by atoms with Crippen molar-refractivity contribution in [3.63, 3.8) is 0 Å². The number of para-hydroxylation sites is 2. The Hall–Kier alpha value is -2.70. The van der Waals surface area contributed by atoms with E-state index in [0.29, 0.717) is 17.2 Å². The highest BCUT2D eigenvalue weighted by molar-refractivity contribution is 5.50. The van der Waals surface area contributed by atoms with E-state index in [1.165, 1.54) is 12.1 Å². The van der Waals surface area contributed by atoms with Crippen molar-refractivity contribution in [2.24, 2.45) is 0 Å². The molecule has 0 aliphatic rings. The molecule has 19 heavy (non-hydrogen) atoms. The van der Waals surface area contributed by atoms with Gasteiger partial charge < -0.3 is 10.5 Å². The maximum atomic E-state index is 10.9. The van der Waals surface area contributed by atoms with E-state index in [1.807, 2.05) is 0 Å². The third-order valence-corrected chi connectivity index (χ3v) is 2.52. The topological polar surface area (TPSA) is 104 Å². The van der Waals surface area contributed by atoms with Crippen LogP contribution in [0.2, 0.25) is 0 Å². The fourth-order valence-corrected chi connectivity index (χ4v) is 1.52. The minimum atomic E-state index is -0.512. The van der Waals surface area contributed by atoms with Crippen LogP contribution < -0.4 is 10.5 Å². The maximum absolute atomic E-state index is 10.9. The van der Waals surface area contributed by atoms with Gasteiger partial charge in [0.1, 0.15) is 11.6 Å². The molecule has 7 heteroatoms. The highest BCUT2D eigenvalue weighted by atomic mass is 16.6. The van der Waals surface area contributed by atoms with Gasteiger partial charge in [-0.15, -0.1) is 0 Å². The van der Waals surface area contributed by atoms with Crippen LogP contribution in [0.3, 0.4) is 0 Å². The van der Waals surface area contributed by atoms with Gasteiger partial charge in [-0.3, -0.25) is 10.1 Å². The molecule has 0 saturated heterocycles. The highest BCUT2D eigenvalue weighted by Gasteiger charge is 2.17. The lowest BCUT2D eigenvalue weighted by atomic mass is 10.3. The molecule has 0 saturated carbocycles. The number of hydrogen-bond donors (Lipinski definition) is 1. The summed E-state index contributed by atoms with van der Waals surface area (Å²) < 4.78 is 5.49. The van der Waals surface area contributed by atoms with Gasteiger partial charge in [-0.05, 0) is 19.9 Å². The van der Waals surface area contributed by atoms with E-state index in [2.05, 4.69) is 9.97 Å². The molecule has 2 rings (SSSR count). The summed E-state index contributed by atoms with van der Waals surface area (Å²) in [7, 11) is 0. The van der Waals surface area contributed by atoms with Gasteiger partial charge in [0.05, 0.1) is 10.5 Å². The Morgan fingerprint density at radius 1 is 1.26 bits per heavy atom. The Morgan fingerprint density at radius 2 is 1.95 bits per heavy atom. The fraction of sp³-hybridized carbons (Fsp3) is 0.167. The Kier molecular flexibility index (Phi) is 3.28. The smallest absolute Gasteiger partial charge is 0.311 e. The number of aromatic nitrogens is 2. The number of nitro groups is 1. The van der Waals surface area contributed by atoms with E-state index in [9.17, 15) is 10.1 Å². The number of nitrogens with zero attached hydrogens (tertiary/aromatic N) is 3. The van der Waals surface area contributed by atoms with Crippen LogP contribution in [0.25, 0.3) is 0 Å². The third kappa shape index (κ3) is 2.59. The van der Waals surface area contributed by atoms with Crippen LogP contribution in [0.4, 0.5) is 11.5 Å². The van der Waals surface area contributed by atoms with Crippen LogP contribution in [0.15, 0.2) is 24.3 Å². The maximum Gasteiger partial charge on any atom is 0.311 e. The highest BCUT2D eigenvalue weighted by Crippen LogP contribution is 2.32. The van der Waals surface area contributed by atoms with Crippen molar-refractivity contribution >= 4 is 11.5 Å². The van der Waals surface area contributed by atoms with Crippen LogP contribution in [0, 0.1) is 24.0 Å². The van der Waals surface area contributed by atoms with Crippen molar-refractivity contribution in [2.75, 3.05) is 5.73 Å². The summed E-state index contributed by atoms with van der Waals surface area (Å²) in [6, 6.07) is 6.08. The van der Waals surface area contributed by atoms with Crippen molar-refractivity contribution < 1.29 is 9.66 Å². The first kappa shape index (κ1) is 12.7. The fourth-order valence-electron chi connectivity index (χ4n) is 1.52. The van der Waals surface area contributed by atoms with Gasteiger partial charge in [0.15, 0.2) is 0 Å². The molecule has 0 unspecified atom stereocenters. The first-order chi connectivity index (χ1) is 8.99. The van der Waals surface area contributed by atoms with E-state index in [4.69, 9.17) is 10.5 Å². The first-order valence-corrected chi connectivity index (χ1v) is 5.51. The number of nitro benzene ring substituents is 1. The van der Waals surface area contributed by atoms with Crippen LogP contribution in [0.5, 0.6) is 11.6 Å². The summed E-state index contributed by atoms with van der Waals surface area (Å²) in [6.07, 6.45) is 0. The largest absolute Gasteiger partial charge is 0.431 e. The van der Waals surface area contributed by atoms with Crippen LogP contribution in [-0.4, -0.2) is 14.9 Å². The summed E-state index contributed by atoms with van der Waals surface area (Å²) in [5.41, 5.74) is 6.13. The average molecular weight is 260 g/mol. The predicted molar refractivity (Wildman–Crippen MR) is 69.1 cm³/mol. The molecule has 0 bridgehead atoms. The number of benzene rings is 1. The van der Waals surface area contributed by atoms with Gasteiger partial charge >= 0.3 is 5.69 Å². The van der Waals surface area contributed by atoms with Crippen molar-refractivity contribution in [2.45, 2.75) is 13.8 Å². The van der Waals surface area contributed by atoms with Gasteiger partial charge in [-0.2, -0.15) is 4.98 Å². The van der Waals surface area contributed by atoms with Crippen molar-refractivity contribution in [3.05, 3.63) is 45.8 Å². The van der Waals surface area contributed by atoms with Crippen molar-refractivity contribution in [1.29, 1.82) is 0 Å². The normalized spacial score (nSPS) is 10.2. The Balaban J connectivity index is 2.45. The summed E-state index contributed by atoms with van der Waals surface area (Å²) in [4.78, 5) is 18.5. The molecule has 0 fully saturated rings. The van der Waals surface area contributed by atoms with Crippen LogP contribution in [0.1, 0.15) is 11.4 Å². The quantitative estimate of drug-likeness (QED) is 0.671. The molecule has 0 spiro atoms. The summed E-state index contributed by atoms with van der Waals surface area (Å²) in [6.45, 7) is 3.36. The molecule has 1 aromatic heterocycles. The SMILES string of the molecule is Cc1nc(N)c(C)c(Oc2ccccc2[N+](=O)[O-])n1. The lowest BCUT2D eigenvalue weighted by Crippen LogP contribution is -2.03. The lowest BCUT2D eigenvalue weighted by molar-refractivity contribution is -0.385. The summed E-state index contributed by atoms with van der Waals surface area (Å²) >= 11 is 0. The molecular weight excluding hydrogens is 248 g/mol. The Labute approximate surface area is 109 Å².